The summed E-state index contributed by atoms with van der Waals surface area (Å²) < 4.78 is 0. The molecule has 1 saturated heterocycles. The Morgan fingerprint density at radius 1 is 0.963 bits per heavy atom. The summed E-state index contributed by atoms with van der Waals surface area (Å²) in [7, 11) is 0. The number of hydrogen-bond acceptors (Lipinski definition) is 4. The van der Waals surface area contributed by atoms with Crippen LogP contribution in [0.1, 0.15) is 37.3 Å². The number of carbonyl (C=O) groups excluding carboxylic acids is 2. The molecule has 1 N–H and O–H groups in total. The molecular weight excluding hydrogens is 338 g/mol. The number of amides is 2. The van der Waals surface area contributed by atoms with Crippen molar-refractivity contribution in [1.82, 2.24) is 9.88 Å². The van der Waals surface area contributed by atoms with E-state index in [2.05, 4.69) is 29.4 Å². The summed E-state index contributed by atoms with van der Waals surface area (Å²) in [5.74, 6) is 0.324. The van der Waals surface area contributed by atoms with Crippen LogP contribution in [0.15, 0.2) is 48.8 Å². The van der Waals surface area contributed by atoms with Crippen LogP contribution in [0.25, 0.3) is 0 Å². The number of nitrogens with one attached hydrogen (secondary N) is 1. The smallest absolute Gasteiger partial charge is 0.234 e. The van der Waals surface area contributed by atoms with Crippen molar-refractivity contribution in [3.8, 4) is 0 Å². The van der Waals surface area contributed by atoms with Gasteiger partial charge >= 0.3 is 0 Å². The molecule has 3 atom stereocenters. The van der Waals surface area contributed by atoms with Crippen LogP contribution in [0.2, 0.25) is 0 Å². The molecule has 1 saturated carbocycles. The number of fused-ring (bicyclic) bond motifs is 1. The zero-order chi connectivity index (χ0) is 18.8. The minimum Gasteiger partial charge on any atom is -0.367 e. The molecule has 27 heavy (non-hydrogen) atoms. The Morgan fingerprint density at radius 3 is 2.37 bits per heavy atom. The second-order valence-electron chi connectivity index (χ2n) is 7.80. The maximum absolute atomic E-state index is 12.6. The number of nitrogens with zero attached hydrogens (tertiary/aromatic N) is 2. The number of pyridine rings is 1. The first-order valence-electron chi connectivity index (χ1n) is 9.69. The van der Waals surface area contributed by atoms with Crippen molar-refractivity contribution < 1.29 is 9.59 Å². The van der Waals surface area contributed by atoms with E-state index in [9.17, 15) is 9.59 Å². The third-order valence-corrected chi connectivity index (χ3v) is 5.83. The number of hydrogen-bond donors (Lipinski definition) is 1. The number of aromatic nitrogens is 1. The van der Waals surface area contributed by atoms with Crippen molar-refractivity contribution in [1.29, 1.82) is 0 Å². The quantitative estimate of drug-likeness (QED) is 0.827. The maximum Gasteiger partial charge on any atom is 0.234 e. The third kappa shape index (κ3) is 3.72. The minimum atomic E-state index is -0.106. The van der Waals surface area contributed by atoms with E-state index in [0.29, 0.717) is 5.92 Å². The number of rotatable bonds is 5. The highest BCUT2D eigenvalue weighted by atomic mass is 16.2. The molecule has 5 nitrogen and oxygen atoms in total. The topological polar surface area (TPSA) is 62.3 Å². The van der Waals surface area contributed by atoms with Gasteiger partial charge in [-0.3, -0.25) is 19.5 Å². The monoisotopic (exact) mass is 363 g/mol. The van der Waals surface area contributed by atoms with Gasteiger partial charge in [-0.1, -0.05) is 19.1 Å². The molecule has 2 aliphatic rings. The van der Waals surface area contributed by atoms with Crippen molar-refractivity contribution in [3.05, 3.63) is 59.9 Å². The van der Waals surface area contributed by atoms with Gasteiger partial charge in [0.15, 0.2) is 0 Å². The van der Waals surface area contributed by atoms with Gasteiger partial charge in [0.05, 0.1) is 18.5 Å². The van der Waals surface area contributed by atoms with Crippen molar-refractivity contribution in [2.75, 3.05) is 12.0 Å². The molecule has 1 aliphatic heterocycles. The summed E-state index contributed by atoms with van der Waals surface area (Å²) in [4.78, 5) is 30.7. The molecule has 0 bridgehead atoms. The highest BCUT2D eigenvalue weighted by molar-refractivity contribution is 6.05. The second kappa shape index (κ2) is 7.51. The van der Waals surface area contributed by atoms with E-state index < -0.39 is 0 Å². The zero-order valence-electron chi connectivity index (χ0n) is 15.6. The molecule has 140 valence electrons. The highest BCUT2D eigenvalue weighted by Crippen LogP contribution is 2.40. The summed E-state index contributed by atoms with van der Waals surface area (Å²) in [5.41, 5.74) is 3.34. The average molecular weight is 363 g/mol. The molecule has 1 aromatic heterocycles. The Labute approximate surface area is 159 Å². The second-order valence-corrected chi connectivity index (χ2v) is 7.80. The van der Waals surface area contributed by atoms with Crippen LogP contribution in [-0.2, 0) is 16.0 Å². The van der Waals surface area contributed by atoms with Gasteiger partial charge in [-0.25, -0.2) is 0 Å². The number of imide groups is 1. The normalized spacial score (nSPS) is 24.8. The predicted molar refractivity (Wildman–Crippen MR) is 104 cm³/mol. The molecule has 3 unspecified atom stereocenters. The first kappa shape index (κ1) is 17.7. The molecular formula is C22H25N3O2. The van der Waals surface area contributed by atoms with E-state index in [-0.39, 0.29) is 30.3 Å². The molecule has 2 aromatic rings. The Kier molecular flexibility index (Phi) is 4.92. The van der Waals surface area contributed by atoms with Gasteiger partial charge in [-0.2, -0.15) is 0 Å². The molecule has 4 rings (SSSR count). The lowest BCUT2D eigenvalue weighted by Crippen LogP contribution is -2.35. The predicted octanol–water partition coefficient (Wildman–Crippen LogP) is 3.46. The summed E-state index contributed by atoms with van der Waals surface area (Å²) in [5, 5.41) is 3.23. The summed E-state index contributed by atoms with van der Waals surface area (Å²) in [6, 6.07) is 12.1. The van der Waals surface area contributed by atoms with Gasteiger partial charge in [0.1, 0.15) is 0 Å². The van der Waals surface area contributed by atoms with Crippen molar-refractivity contribution in [2.45, 2.75) is 32.6 Å². The number of anilines is 1. The minimum absolute atomic E-state index is 0.00120. The number of likely N-dealkylation sites (tertiary alicyclic amines) is 1. The van der Waals surface area contributed by atoms with Gasteiger partial charge in [-0.05, 0) is 67.0 Å². The van der Waals surface area contributed by atoms with Crippen LogP contribution in [0.5, 0.6) is 0 Å². The highest BCUT2D eigenvalue weighted by Gasteiger charge is 2.49. The molecule has 2 fully saturated rings. The SMILES string of the molecule is CC1CCC2C(=O)N(CNc3ccc(Cc4ccncc4)cc3)C(=O)C2C1. The molecule has 0 spiro atoms. The fourth-order valence-electron chi connectivity index (χ4n) is 4.26. The lowest BCUT2D eigenvalue weighted by molar-refractivity contribution is -0.139. The average Bonchev–Trinajstić information content (AvgIpc) is 2.92. The van der Waals surface area contributed by atoms with E-state index in [1.165, 1.54) is 16.0 Å². The van der Waals surface area contributed by atoms with Gasteiger partial charge in [0.25, 0.3) is 0 Å². The van der Waals surface area contributed by atoms with Crippen LogP contribution < -0.4 is 5.32 Å². The Hall–Kier alpha value is -2.69. The van der Waals surface area contributed by atoms with Gasteiger partial charge in [-0.15, -0.1) is 0 Å². The van der Waals surface area contributed by atoms with Crippen LogP contribution in [0.4, 0.5) is 5.69 Å². The molecule has 1 aromatic carbocycles. The van der Waals surface area contributed by atoms with Gasteiger partial charge in [0, 0.05) is 18.1 Å². The molecule has 2 amide bonds. The third-order valence-electron chi connectivity index (χ3n) is 5.83. The van der Waals surface area contributed by atoms with Gasteiger partial charge in [0.2, 0.25) is 11.8 Å². The van der Waals surface area contributed by atoms with Crippen molar-refractivity contribution >= 4 is 17.5 Å². The number of carbonyl (C=O) groups is 2. The Morgan fingerprint density at radius 2 is 1.63 bits per heavy atom. The summed E-state index contributed by atoms with van der Waals surface area (Å²) >= 11 is 0. The van der Waals surface area contributed by atoms with Crippen LogP contribution in [0, 0.1) is 17.8 Å². The standard InChI is InChI=1S/C22H25N3O2/c1-15-2-7-19-20(12-15)22(27)25(21(19)26)14-24-18-5-3-16(4-6-18)13-17-8-10-23-11-9-17/h3-6,8-11,15,19-20,24H,2,7,12-14H2,1H3. The zero-order valence-corrected chi connectivity index (χ0v) is 15.6. The Balaban J connectivity index is 1.36. The summed E-state index contributed by atoms with van der Waals surface area (Å²) in [6.07, 6.45) is 7.18. The van der Waals surface area contributed by atoms with E-state index >= 15 is 0 Å². The number of benzene rings is 1. The van der Waals surface area contributed by atoms with Crippen LogP contribution in [0.3, 0.4) is 0 Å². The molecule has 0 radical (unpaired) electrons. The molecule has 5 heteroatoms. The lowest BCUT2D eigenvalue weighted by Gasteiger charge is -2.25. The Bertz CT molecular complexity index is 819. The first-order valence-corrected chi connectivity index (χ1v) is 9.69. The lowest BCUT2D eigenvalue weighted by atomic mass is 9.76. The fourth-order valence-corrected chi connectivity index (χ4v) is 4.26. The molecule has 2 heterocycles. The van der Waals surface area contributed by atoms with Crippen LogP contribution in [-0.4, -0.2) is 28.4 Å². The van der Waals surface area contributed by atoms with E-state index in [1.54, 1.807) is 12.4 Å². The van der Waals surface area contributed by atoms with Crippen molar-refractivity contribution in [3.63, 3.8) is 0 Å². The van der Waals surface area contributed by atoms with Gasteiger partial charge < -0.3 is 5.32 Å². The van der Waals surface area contributed by atoms with E-state index in [0.717, 1.165) is 31.4 Å². The van der Waals surface area contributed by atoms with E-state index in [1.807, 2.05) is 24.3 Å². The fraction of sp³-hybridized carbons (Fsp3) is 0.409. The summed E-state index contributed by atoms with van der Waals surface area (Å²) in [6.45, 7) is 2.42. The van der Waals surface area contributed by atoms with Crippen molar-refractivity contribution in [2.24, 2.45) is 17.8 Å². The van der Waals surface area contributed by atoms with E-state index in [4.69, 9.17) is 0 Å². The largest absolute Gasteiger partial charge is 0.367 e. The van der Waals surface area contributed by atoms with Crippen LogP contribution >= 0.6 is 0 Å². The first-order chi connectivity index (χ1) is 13.1. The molecule has 1 aliphatic carbocycles. The maximum atomic E-state index is 12.6.